The molecule has 1 rings (SSSR count). The molecule has 0 radical (unpaired) electrons. The van der Waals surface area contributed by atoms with Crippen molar-refractivity contribution in [3.63, 3.8) is 0 Å². The molecule has 0 aromatic carbocycles. The highest BCUT2D eigenvalue weighted by atomic mass is 32.2. The van der Waals surface area contributed by atoms with Crippen LogP contribution in [0.1, 0.15) is 19.8 Å². The summed E-state index contributed by atoms with van der Waals surface area (Å²) in [5.74, 6) is -1.07. The number of likely N-dealkylation sites (tertiary alicyclic amines) is 1. The van der Waals surface area contributed by atoms with Crippen molar-refractivity contribution in [3.05, 3.63) is 0 Å². The first kappa shape index (κ1) is 15.1. The summed E-state index contributed by atoms with van der Waals surface area (Å²) in [6, 6.07) is -1.33. The molecule has 1 unspecified atom stereocenters. The van der Waals surface area contributed by atoms with Gasteiger partial charge in [0.1, 0.15) is 6.04 Å². The van der Waals surface area contributed by atoms with Crippen molar-refractivity contribution in [2.75, 3.05) is 19.3 Å². The molecule has 1 fully saturated rings. The van der Waals surface area contributed by atoms with Crippen LogP contribution in [-0.4, -0.2) is 63.9 Å². The molecule has 0 saturated carbocycles. The van der Waals surface area contributed by atoms with Crippen molar-refractivity contribution >= 4 is 23.8 Å². The quantitative estimate of drug-likeness (QED) is 0.674. The Morgan fingerprint density at radius 3 is 2.78 bits per heavy atom. The summed E-state index contributed by atoms with van der Waals surface area (Å²) in [7, 11) is 0. The van der Waals surface area contributed by atoms with Gasteiger partial charge in [-0.1, -0.05) is 6.92 Å². The maximum absolute atomic E-state index is 11.8. The van der Waals surface area contributed by atoms with E-state index in [-0.39, 0.29) is 13.0 Å². The molecule has 7 heteroatoms. The van der Waals surface area contributed by atoms with Gasteiger partial charge in [0.25, 0.3) is 0 Å². The summed E-state index contributed by atoms with van der Waals surface area (Å²) in [5.41, 5.74) is 0. The molecule has 0 aromatic rings. The van der Waals surface area contributed by atoms with Gasteiger partial charge in [-0.2, -0.15) is 11.8 Å². The third kappa shape index (κ3) is 4.06. The fraction of sp³-hybridized carbons (Fsp3) is 0.818. The Kier molecular flexibility index (Phi) is 5.74. The molecule has 1 aliphatic heterocycles. The van der Waals surface area contributed by atoms with Crippen LogP contribution in [0, 0.1) is 0 Å². The van der Waals surface area contributed by atoms with Gasteiger partial charge in [-0.15, -0.1) is 0 Å². The molecule has 1 aliphatic rings. The van der Waals surface area contributed by atoms with Gasteiger partial charge in [-0.25, -0.2) is 9.59 Å². The maximum atomic E-state index is 11.8. The highest BCUT2D eigenvalue weighted by molar-refractivity contribution is 7.99. The van der Waals surface area contributed by atoms with Crippen LogP contribution in [0.3, 0.4) is 0 Å². The Labute approximate surface area is 111 Å². The van der Waals surface area contributed by atoms with E-state index in [1.807, 2.05) is 6.26 Å². The topological polar surface area (TPSA) is 89.9 Å². The SMILES string of the molecule is CSC(C)CCNC(=O)N1C[C@H](O)C[C@@H]1C(=O)O. The van der Waals surface area contributed by atoms with Gasteiger partial charge in [0, 0.05) is 24.8 Å². The first-order valence-corrected chi connectivity index (χ1v) is 7.22. The van der Waals surface area contributed by atoms with Crippen LogP contribution < -0.4 is 5.32 Å². The number of nitrogens with one attached hydrogen (secondary N) is 1. The number of hydrogen-bond donors (Lipinski definition) is 3. The standard InChI is InChI=1S/C11H20N2O4S/c1-7(18-2)3-4-12-11(17)13-6-8(14)5-9(13)10(15)16/h7-9,14H,3-6H2,1-2H3,(H,12,17)(H,15,16)/t7?,8-,9-/m1/s1. The number of β-amino-alcohol motifs (C(OH)–C–C–N with tert-alkyl or cyclic N) is 1. The number of aliphatic hydroxyl groups excluding tert-OH is 1. The predicted octanol–water partition coefficient (Wildman–Crippen LogP) is 0.357. The number of hydrogen-bond acceptors (Lipinski definition) is 4. The van der Waals surface area contributed by atoms with Crippen molar-refractivity contribution < 1.29 is 19.8 Å². The molecule has 0 aromatic heterocycles. The van der Waals surface area contributed by atoms with Crippen LogP contribution in [0.5, 0.6) is 0 Å². The zero-order valence-corrected chi connectivity index (χ0v) is 11.4. The number of carboxylic acids is 1. The third-order valence-electron chi connectivity index (χ3n) is 3.05. The highest BCUT2D eigenvalue weighted by Crippen LogP contribution is 2.18. The summed E-state index contributed by atoms with van der Waals surface area (Å²) in [5, 5.41) is 21.5. The van der Waals surface area contributed by atoms with E-state index in [1.54, 1.807) is 11.8 Å². The summed E-state index contributed by atoms with van der Waals surface area (Å²) < 4.78 is 0. The first-order valence-electron chi connectivity index (χ1n) is 5.93. The van der Waals surface area contributed by atoms with Gasteiger partial charge in [0.05, 0.1) is 6.10 Å². The molecular weight excluding hydrogens is 256 g/mol. The predicted molar refractivity (Wildman–Crippen MR) is 69.7 cm³/mol. The van der Waals surface area contributed by atoms with E-state index in [0.29, 0.717) is 11.8 Å². The molecule has 2 amide bonds. The lowest BCUT2D eigenvalue weighted by Gasteiger charge is -2.21. The van der Waals surface area contributed by atoms with Gasteiger partial charge in [0.15, 0.2) is 0 Å². The van der Waals surface area contributed by atoms with Crippen LogP contribution in [0.4, 0.5) is 4.79 Å². The maximum Gasteiger partial charge on any atom is 0.326 e. The number of urea groups is 1. The Morgan fingerprint density at radius 1 is 1.56 bits per heavy atom. The van der Waals surface area contributed by atoms with E-state index in [9.17, 15) is 14.7 Å². The van der Waals surface area contributed by atoms with Gasteiger partial charge < -0.3 is 20.4 Å². The van der Waals surface area contributed by atoms with Gasteiger partial charge in [0.2, 0.25) is 0 Å². The van der Waals surface area contributed by atoms with Crippen molar-refractivity contribution in [1.82, 2.24) is 10.2 Å². The number of carbonyl (C=O) groups is 2. The molecule has 6 nitrogen and oxygen atoms in total. The zero-order chi connectivity index (χ0) is 13.7. The van der Waals surface area contributed by atoms with Gasteiger partial charge in [-0.05, 0) is 12.7 Å². The number of carboxylic acid groups (broad SMARTS) is 1. The first-order chi connectivity index (χ1) is 8.45. The number of carbonyl (C=O) groups excluding carboxylic acids is 1. The molecule has 1 saturated heterocycles. The third-order valence-corrected chi connectivity index (χ3v) is 4.09. The second kappa shape index (κ2) is 6.84. The van der Waals surface area contributed by atoms with Crippen LogP contribution in [0.2, 0.25) is 0 Å². The summed E-state index contributed by atoms with van der Waals surface area (Å²) >= 11 is 1.72. The molecule has 3 atom stereocenters. The molecule has 1 heterocycles. The average molecular weight is 276 g/mol. The highest BCUT2D eigenvalue weighted by Gasteiger charge is 2.38. The van der Waals surface area contributed by atoms with Crippen molar-refractivity contribution in [2.24, 2.45) is 0 Å². The smallest absolute Gasteiger partial charge is 0.326 e. The monoisotopic (exact) mass is 276 g/mol. The number of rotatable bonds is 5. The second-order valence-corrected chi connectivity index (χ2v) is 5.74. The number of aliphatic hydroxyl groups is 1. The van der Waals surface area contributed by atoms with E-state index in [0.717, 1.165) is 6.42 Å². The molecular formula is C11H20N2O4S. The Morgan fingerprint density at radius 2 is 2.22 bits per heavy atom. The van der Waals surface area contributed by atoms with Crippen molar-refractivity contribution in [2.45, 2.75) is 37.2 Å². The minimum atomic E-state index is -1.07. The number of amides is 2. The molecule has 0 aliphatic carbocycles. The minimum absolute atomic E-state index is 0.0842. The van der Waals surface area contributed by atoms with E-state index in [1.165, 1.54) is 4.90 Å². The fourth-order valence-corrected chi connectivity index (χ4v) is 2.23. The lowest BCUT2D eigenvalue weighted by atomic mass is 10.2. The zero-order valence-electron chi connectivity index (χ0n) is 10.6. The van der Waals surface area contributed by atoms with E-state index >= 15 is 0 Å². The lowest BCUT2D eigenvalue weighted by molar-refractivity contribution is -0.141. The summed E-state index contributed by atoms with van der Waals surface area (Å²) in [4.78, 5) is 24.0. The molecule has 0 spiro atoms. The Hall–Kier alpha value is -0.950. The van der Waals surface area contributed by atoms with Crippen LogP contribution in [0.15, 0.2) is 0 Å². The molecule has 0 bridgehead atoms. The fourth-order valence-electron chi connectivity index (χ4n) is 1.87. The molecule has 104 valence electrons. The summed E-state index contributed by atoms with van der Waals surface area (Å²) in [6.45, 7) is 2.66. The second-order valence-electron chi connectivity index (χ2n) is 4.46. The van der Waals surface area contributed by atoms with Crippen molar-refractivity contribution in [3.8, 4) is 0 Å². The summed E-state index contributed by atoms with van der Waals surface area (Å²) in [6.07, 6.45) is 2.19. The lowest BCUT2D eigenvalue weighted by Crippen LogP contribution is -2.46. The normalized spacial score (nSPS) is 24.9. The number of nitrogens with zero attached hydrogens (tertiary/aromatic N) is 1. The van der Waals surface area contributed by atoms with Gasteiger partial charge >= 0.3 is 12.0 Å². The molecule has 18 heavy (non-hydrogen) atoms. The average Bonchev–Trinajstić information content (AvgIpc) is 2.71. The van der Waals surface area contributed by atoms with E-state index < -0.39 is 24.1 Å². The largest absolute Gasteiger partial charge is 0.480 e. The van der Waals surface area contributed by atoms with Crippen LogP contribution in [-0.2, 0) is 4.79 Å². The Bertz CT molecular complexity index is 313. The van der Waals surface area contributed by atoms with Crippen LogP contribution >= 0.6 is 11.8 Å². The van der Waals surface area contributed by atoms with Crippen LogP contribution in [0.25, 0.3) is 0 Å². The van der Waals surface area contributed by atoms with E-state index in [4.69, 9.17) is 5.11 Å². The molecule has 3 N–H and O–H groups in total. The number of aliphatic carboxylic acids is 1. The minimum Gasteiger partial charge on any atom is -0.480 e. The van der Waals surface area contributed by atoms with Gasteiger partial charge in [-0.3, -0.25) is 0 Å². The Balaban J connectivity index is 2.43. The van der Waals surface area contributed by atoms with E-state index in [2.05, 4.69) is 12.2 Å². The van der Waals surface area contributed by atoms with Crippen molar-refractivity contribution in [1.29, 1.82) is 0 Å². The number of thioether (sulfide) groups is 1.